The number of hydrogen-bond donors (Lipinski definition) is 0. The SMILES string of the molecule is C=CCn1c(C(C)(C)Cc2ccc3c(c2)nc(C(C)(C)C)n3CC)nc2ccccc21. The first kappa shape index (κ1) is 21.4. The molecule has 0 amide bonds. The van der Waals surface area contributed by atoms with Gasteiger partial charge in [0.2, 0.25) is 0 Å². The lowest BCUT2D eigenvalue weighted by Gasteiger charge is -2.25. The number of imidazole rings is 2. The molecule has 0 saturated carbocycles. The van der Waals surface area contributed by atoms with Crippen LogP contribution in [0.1, 0.15) is 58.8 Å². The molecule has 0 fully saturated rings. The minimum absolute atomic E-state index is 0.0179. The van der Waals surface area contributed by atoms with Gasteiger partial charge in [-0.15, -0.1) is 6.58 Å². The number of aryl methyl sites for hydroxylation is 1. The van der Waals surface area contributed by atoms with E-state index in [1.54, 1.807) is 0 Å². The number of nitrogens with zero attached hydrogens (tertiary/aromatic N) is 4. The fraction of sp³-hybridized carbons (Fsp3) is 0.407. The van der Waals surface area contributed by atoms with Crippen molar-refractivity contribution >= 4 is 22.1 Å². The summed E-state index contributed by atoms with van der Waals surface area (Å²) in [4.78, 5) is 10.0. The summed E-state index contributed by atoms with van der Waals surface area (Å²) in [7, 11) is 0. The van der Waals surface area contributed by atoms with Gasteiger partial charge < -0.3 is 9.13 Å². The Kier molecular flexibility index (Phi) is 5.28. The highest BCUT2D eigenvalue weighted by atomic mass is 15.1. The van der Waals surface area contributed by atoms with Gasteiger partial charge >= 0.3 is 0 Å². The summed E-state index contributed by atoms with van der Waals surface area (Å²) >= 11 is 0. The van der Waals surface area contributed by atoms with Crippen molar-refractivity contribution in [2.75, 3.05) is 0 Å². The molecular formula is C27H34N4. The van der Waals surface area contributed by atoms with Crippen molar-refractivity contribution in [2.24, 2.45) is 0 Å². The molecular weight excluding hydrogens is 380 g/mol. The first-order valence-corrected chi connectivity index (χ1v) is 11.2. The summed E-state index contributed by atoms with van der Waals surface area (Å²) in [6.07, 6.45) is 2.85. The van der Waals surface area contributed by atoms with Gasteiger partial charge in [0.1, 0.15) is 11.6 Å². The number of para-hydroxylation sites is 2. The number of allylic oxidation sites excluding steroid dienone is 1. The maximum atomic E-state index is 5.03. The predicted octanol–water partition coefficient (Wildman–Crippen LogP) is 6.41. The van der Waals surface area contributed by atoms with E-state index in [2.05, 4.69) is 99.7 Å². The van der Waals surface area contributed by atoms with Crippen molar-refractivity contribution in [3.63, 3.8) is 0 Å². The Morgan fingerprint density at radius 2 is 1.55 bits per heavy atom. The highest BCUT2D eigenvalue weighted by Gasteiger charge is 2.29. The zero-order valence-corrected chi connectivity index (χ0v) is 19.7. The molecule has 0 atom stereocenters. The topological polar surface area (TPSA) is 35.6 Å². The van der Waals surface area contributed by atoms with Crippen LogP contribution in [-0.4, -0.2) is 19.1 Å². The zero-order valence-electron chi connectivity index (χ0n) is 19.7. The van der Waals surface area contributed by atoms with E-state index in [4.69, 9.17) is 9.97 Å². The number of fused-ring (bicyclic) bond motifs is 2. The second-order valence-electron chi connectivity index (χ2n) is 10.1. The zero-order chi connectivity index (χ0) is 22.4. The number of aromatic nitrogens is 4. The Bertz CT molecular complexity index is 1250. The molecule has 0 spiro atoms. The van der Waals surface area contributed by atoms with Gasteiger partial charge in [-0.3, -0.25) is 0 Å². The smallest absolute Gasteiger partial charge is 0.116 e. The molecule has 4 heteroatoms. The van der Waals surface area contributed by atoms with E-state index < -0.39 is 0 Å². The first-order valence-electron chi connectivity index (χ1n) is 11.2. The Morgan fingerprint density at radius 1 is 0.871 bits per heavy atom. The lowest BCUT2D eigenvalue weighted by Crippen LogP contribution is -2.25. The third-order valence-electron chi connectivity index (χ3n) is 6.02. The molecule has 0 bridgehead atoms. The minimum atomic E-state index is -0.129. The van der Waals surface area contributed by atoms with Crippen molar-refractivity contribution in [1.29, 1.82) is 0 Å². The monoisotopic (exact) mass is 414 g/mol. The van der Waals surface area contributed by atoms with E-state index in [9.17, 15) is 0 Å². The van der Waals surface area contributed by atoms with Crippen LogP contribution < -0.4 is 0 Å². The van der Waals surface area contributed by atoms with Crippen molar-refractivity contribution in [2.45, 2.75) is 71.9 Å². The van der Waals surface area contributed by atoms with Crippen molar-refractivity contribution in [3.05, 3.63) is 72.3 Å². The lowest BCUT2D eigenvalue weighted by molar-refractivity contribution is 0.467. The van der Waals surface area contributed by atoms with Crippen LogP contribution >= 0.6 is 0 Å². The molecule has 4 aromatic rings. The van der Waals surface area contributed by atoms with Crippen molar-refractivity contribution in [1.82, 2.24) is 19.1 Å². The minimum Gasteiger partial charge on any atom is -0.328 e. The van der Waals surface area contributed by atoms with E-state index in [0.29, 0.717) is 0 Å². The molecule has 2 aromatic carbocycles. The third kappa shape index (κ3) is 3.80. The van der Waals surface area contributed by atoms with Crippen LogP contribution in [-0.2, 0) is 30.3 Å². The highest BCUT2D eigenvalue weighted by molar-refractivity contribution is 5.78. The van der Waals surface area contributed by atoms with Crippen LogP contribution in [0.4, 0.5) is 0 Å². The van der Waals surface area contributed by atoms with Gasteiger partial charge in [-0.25, -0.2) is 9.97 Å². The van der Waals surface area contributed by atoms with Gasteiger partial charge in [-0.1, -0.05) is 58.9 Å². The number of hydrogen-bond acceptors (Lipinski definition) is 2. The fourth-order valence-corrected chi connectivity index (χ4v) is 4.67. The second-order valence-corrected chi connectivity index (χ2v) is 10.1. The third-order valence-corrected chi connectivity index (χ3v) is 6.02. The standard InChI is InChI=1S/C27H34N4/c1-8-16-31-22-13-11-10-12-20(22)28-25(31)27(6,7)18-19-14-15-23-21(17-19)29-24(26(3,4)5)30(23)9-2/h8,10-15,17H,1,9,16,18H2,2-7H3. The van der Waals surface area contributed by atoms with Gasteiger partial charge in [-0.05, 0) is 43.2 Å². The molecule has 0 aliphatic rings. The van der Waals surface area contributed by atoms with Crippen LogP contribution in [0.15, 0.2) is 55.1 Å². The Labute approximate surface area is 185 Å². The van der Waals surface area contributed by atoms with Crippen LogP contribution in [0.3, 0.4) is 0 Å². The molecule has 0 aliphatic heterocycles. The predicted molar refractivity (Wildman–Crippen MR) is 131 cm³/mol. The van der Waals surface area contributed by atoms with Gasteiger partial charge in [0.25, 0.3) is 0 Å². The van der Waals surface area contributed by atoms with E-state index in [1.165, 1.54) is 11.1 Å². The Morgan fingerprint density at radius 3 is 2.23 bits per heavy atom. The lowest BCUT2D eigenvalue weighted by atomic mass is 9.84. The van der Waals surface area contributed by atoms with E-state index in [-0.39, 0.29) is 10.8 Å². The van der Waals surface area contributed by atoms with Gasteiger partial charge in [0.15, 0.2) is 0 Å². The van der Waals surface area contributed by atoms with Crippen LogP contribution in [0.25, 0.3) is 22.1 Å². The van der Waals surface area contributed by atoms with Crippen LogP contribution in [0.5, 0.6) is 0 Å². The molecule has 0 saturated heterocycles. The maximum absolute atomic E-state index is 5.03. The van der Waals surface area contributed by atoms with E-state index in [0.717, 1.165) is 47.7 Å². The number of rotatable bonds is 6. The summed E-state index contributed by atoms with van der Waals surface area (Å²) in [6, 6.07) is 15.1. The summed E-state index contributed by atoms with van der Waals surface area (Å²) < 4.78 is 4.64. The summed E-state index contributed by atoms with van der Waals surface area (Å²) in [5.41, 5.74) is 5.68. The van der Waals surface area contributed by atoms with Crippen molar-refractivity contribution in [3.8, 4) is 0 Å². The molecule has 2 aromatic heterocycles. The molecule has 0 N–H and O–H groups in total. The van der Waals surface area contributed by atoms with Gasteiger partial charge in [0.05, 0.1) is 22.1 Å². The summed E-state index contributed by atoms with van der Waals surface area (Å²) in [5.74, 6) is 2.25. The summed E-state index contributed by atoms with van der Waals surface area (Å²) in [5, 5.41) is 0. The Hall–Kier alpha value is -2.88. The summed E-state index contributed by atoms with van der Waals surface area (Å²) in [6.45, 7) is 19.1. The van der Waals surface area contributed by atoms with E-state index in [1.807, 2.05) is 6.08 Å². The fourth-order valence-electron chi connectivity index (χ4n) is 4.67. The molecule has 2 heterocycles. The quantitative estimate of drug-likeness (QED) is 0.342. The van der Waals surface area contributed by atoms with E-state index >= 15 is 0 Å². The van der Waals surface area contributed by atoms with Crippen LogP contribution in [0, 0.1) is 0 Å². The van der Waals surface area contributed by atoms with Gasteiger partial charge in [0, 0.05) is 23.9 Å². The largest absolute Gasteiger partial charge is 0.328 e. The van der Waals surface area contributed by atoms with Crippen molar-refractivity contribution < 1.29 is 0 Å². The average molecular weight is 415 g/mol. The number of benzene rings is 2. The Balaban J connectivity index is 1.75. The van der Waals surface area contributed by atoms with Gasteiger partial charge in [-0.2, -0.15) is 0 Å². The molecule has 0 unspecified atom stereocenters. The second kappa shape index (κ2) is 7.67. The molecule has 31 heavy (non-hydrogen) atoms. The first-order chi connectivity index (χ1) is 14.7. The van der Waals surface area contributed by atoms with Crippen LogP contribution in [0.2, 0.25) is 0 Å². The molecule has 162 valence electrons. The molecule has 4 nitrogen and oxygen atoms in total. The average Bonchev–Trinajstić information content (AvgIpc) is 3.26. The maximum Gasteiger partial charge on any atom is 0.116 e. The normalized spacial score (nSPS) is 12.7. The molecule has 0 aliphatic carbocycles. The molecule has 0 radical (unpaired) electrons. The highest BCUT2D eigenvalue weighted by Crippen LogP contribution is 2.32. The molecule has 4 rings (SSSR count).